The summed E-state index contributed by atoms with van der Waals surface area (Å²) in [4.78, 5) is 11.9. The molecule has 0 aromatic heterocycles. The zero-order valence-electron chi connectivity index (χ0n) is 14.1. The van der Waals surface area contributed by atoms with Crippen LogP contribution in [0.4, 0.5) is 5.69 Å². The van der Waals surface area contributed by atoms with Crippen LogP contribution in [0, 0.1) is 13.8 Å². The highest BCUT2D eigenvalue weighted by atomic mass is 35.5. The van der Waals surface area contributed by atoms with Gasteiger partial charge in [0, 0.05) is 10.7 Å². The van der Waals surface area contributed by atoms with E-state index in [1.807, 2.05) is 26.0 Å². The highest BCUT2D eigenvalue weighted by Crippen LogP contribution is 2.26. The molecule has 2 N–H and O–H groups in total. The molecular formula is C17H19ClN2O4S. The minimum atomic E-state index is -3.95. The topological polar surface area (TPSA) is 84.5 Å². The molecule has 0 saturated carbocycles. The van der Waals surface area contributed by atoms with Crippen molar-refractivity contribution in [1.29, 1.82) is 0 Å². The first-order valence-electron chi connectivity index (χ1n) is 7.43. The maximum Gasteiger partial charge on any atom is 0.244 e. The number of benzene rings is 2. The Morgan fingerprint density at radius 3 is 2.52 bits per heavy atom. The highest BCUT2D eigenvalue weighted by molar-refractivity contribution is 7.89. The maximum absolute atomic E-state index is 12.4. The molecule has 0 atom stereocenters. The van der Waals surface area contributed by atoms with Gasteiger partial charge >= 0.3 is 0 Å². The van der Waals surface area contributed by atoms with Crippen LogP contribution in [-0.2, 0) is 14.8 Å². The number of amides is 1. The van der Waals surface area contributed by atoms with Gasteiger partial charge in [0.05, 0.1) is 13.7 Å². The predicted octanol–water partition coefficient (Wildman–Crippen LogP) is 2.88. The van der Waals surface area contributed by atoms with E-state index < -0.39 is 22.5 Å². The van der Waals surface area contributed by atoms with Gasteiger partial charge in [0.1, 0.15) is 10.6 Å². The van der Waals surface area contributed by atoms with Gasteiger partial charge in [-0.15, -0.1) is 0 Å². The third-order valence-electron chi connectivity index (χ3n) is 3.49. The number of rotatable bonds is 6. The minimum Gasteiger partial charge on any atom is -0.495 e. The van der Waals surface area contributed by atoms with Gasteiger partial charge in [-0.1, -0.05) is 29.3 Å². The number of sulfonamides is 1. The molecule has 0 heterocycles. The summed E-state index contributed by atoms with van der Waals surface area (Å²) >= 11 is 5.85. The maximum atomic E-state index is 12.4. The van der Waals surface area contributed by atoms with E-state index in [2.05, 4.69) is 10.0 Å². The van der Waals surface area contributed by atoms with Gasteiger partial charge in [0.2, 0.25) is 15.9 Å². The van der Waals surface area contributed by atoms with Crippen LogP contribution in [0.5, 0.6) is 5.75 Å². The van der Waals surface area contributed by atoms with Crippen molar-refractivity contribution in [2.24, 2.45) is 0 Å². The second kappa shape index (κ2) is 7.86. The summed E-state index contributed by atoms with van der Waals surface area (Å²) in [6.45, 7) is 3.40. The van der Waals surface area contributed by atoms with Gasteiger partial charge in [-0.2, -0.15) is 0 Å². The standard InChI is InChI=1S/C17H19ClN2O4S/c1-11-4-6-14(12(2)8-11)20-17(21)10-19-25(22,23)16-9-13(18)5-7-15(16)24-3/h4-9,19H,10H2,1-3H3,(H,20,21). The first-order valence-corrected chi connectivity index (χ1v) is 9.29. The van der Waals surface area contributed by atoms with Crippen molar-refractivity contribution in [3.05, 3.63) is 52.5 Å². The quantitative estimate of drug-likeness (QED) is 0.804. The first-order chi connectivity index (χ1) is 11.7. The number of hydrogen-bond donors (Lipinski definition) is 2. The SMILES string of the molecule is COc1ccc(Cl)cc1S(=O)(=O)NCC(=O)Nc1ccc(C)cc1C. The number of hydrogen-bond acceptors (Lipinski definition) is 4. The summed E-state index contributed by atoms with van der Waals surface area (Å²) in [5.74, 6) is -0.330. The molecule has 0 spiro atoms. The number of carbonyl (C=O) groups excluding carboxylic acids is 1. The van der Waals surface area contributed by atoms with Crippen molar-refractivity contribution in [2.75, 3.05) is 19.0 Å². The Labute approximate surface area is 152 Å². The molecule has 6 nitrogen and oxygen atoms in total. The largest absolute Gasteiger partial charge is 0.495 e. The molecule has 0 aliphatic heterocycles. The van der Waals surface area contributed by atoms with Crippen LogP contribution in [-0.4, -0.2) is 28.0 Å². The smallest absolute Gasteiger partial charge is 0.244 e. The summed E-state index contributed by atoms with van der Waals surface area (Å²) < 4.78 is 32.1. The number of anilines is 1. The molecule has 0 unspecified atom stereocenters. The van der Waals surface area contributed by atoms with E-state index >= 15 is 0 Å². The molecule has 134 valence electrons. The van der Waals surface area contributed by atoms with E-state index in [4.69, 9.17) is 16.3 Å². The molecule has 0 aliphatic carbocycles. The molecule has 1 amide bonds. The lowest BCUT2D eigenvalue weighted by molar-refractivity contribution is -0.115. The van der Waals surface area contributed by atoms with Gasteiger partial charge in [0.25, 0.3) is 0 Å². The number of carbonyl (C=O) groups is 1. The third kappa shape index (κ3) is 4.94. The van der Waals surface area contributed by atoms with Crippen LogP contribution < -0.4 is 14.8 Å². The van der Waals surface area contributed by atoms with Crippen molar-refractivity contribution in [1.82, 2.24) is 4.72 Å². The van der Waals surface area contributed by atoms with E-state index in [0.29, 0.717) is 5.69 Å². The summed E-state index contributed by atoms with van der Waals surface area (Å²) in [5.41, 5.74) is 2.60. The fourth-order valence-corrected chi connectivity index (χ4v) is 3.66. The van der Waals surface area contributed by atoms with Crippen molar-refractivity contribution < 1.29 is 17.9 Å². The molecule has 0 bridgehead atoms. The molecule has 2 aromatic carbocycles. The normalized spacial score (nSPS) is 11.2. The van der Waals surface area contributed by atoms with Gasteiger partial charge in [-0.25, -0.2) is 13.1 Å². The van der Waals surface area contributed by atoms with Crippen LogP contribution in [0.1, 0.15) is 11.1 Å². The van der Waals surface area contributed by atoms with Crippen molar-refractivity contribution in [3.8, 4) is 5.75 Å². The lowest BCUT2D eigenvalue weighted by atomic mass is 10.1. The van der Waals surface area contributed by atoms with Crippen LogP contribution in [0.2, 0.25) is 5.02 Å². The monoisotopic (exact) mass is 382 g/mol. The fraction of sp³-hybridized carbons (Fsp3) is 0.235. The summed E-state index contributed by atoms with van der Waals surface area (Å²) in [6, 6.07) is 9.81. The molecule has 2 aromatic rings. The summed E-state index contributed by atoms with van der Waals surface area (Å²) in [7, 11) is -2.59. The van der Waals surface area contributed by atoms with E-state index in [1.165, 1.54) is 25.3 Å². The van der Waals surface area contributed by atoms with E-state index in [0.717, 1.165) is 11.1 Å². The summed E-state index contributed by atoms with van der Waals surface area (Å²) in [5, 5.41) is 2.93. The lowest BCUT2D eigenvalue weighted by Gasteiger charge is -2.12. The Bertz CT molecular complexity index is 898. The van der Waals surface area contributed by atoms with Crippen LogP contribution >= 0.6 is 11.6 Å². The third-order valence-corrected chi connectivity index (χ3v) is 5.15. The minimum absolute atomic E-state index is 0.123. The zero-order chi connectivity index (χ0) is 18.6. The number of aryl methyl sites for hydroxylation is 2. The average Bonchev–Trinajstić information content (AvgIpc) is 2.55. The molecule has 0 fully saturated rings. The number of nitrogens with one attached hydrogen (secondary N) is 2. The number of ether oxygens (including phenoxy) is 1. The fourth-order valence-electron chi connectivity index (χ4n) is 2.25. The Kier molecular flexibility index (Phi) is 6.05. The number of halogens is 1. The van der Waals surface area contributed by atoms with E-state index in [-0.39, 0.29) is 15.7 Å². The Morgan fingerprint density at radius 1 is 1.16 bits per heavy atom. The van der Waals surface area contributed by atoms with Gasteiger partial charge in [0.15, 0.2) is 0 Å². The van der Waals surface area contributed by atoms with Crippen molar-refractivity contribution in [2.45, 2.75) is 18.7 Å². The zero-order valence-corrected chi connectivity index (χ0v) is 15.7. The van der Waals surface area contributed by atoms with Crippen molar-refractivity contribution >= 4 is 33.2 Å². The Balaban J connectivity index is 2.09. The molecule has 25 heavy (non-hydrogen) atoms. The molecular weight excluding hydrogens is 364 g/mol. The van der Waals surface area contributed by atoms with Gasteiger partial charge in [-0.05, 0) is 43.7 Å². The molecule has 8 heteroatoms. The average molecular weight is 383 g/mol. The Hall–Kier alpha value is -2.09. The molecule has 0 radical (unpaired) electrons. The molecule has 0 aliphatic rings. The van der Waals surface area contributed by atoms with Crippen LogP contribution in [0.3, 0.4) is 0 Å². The second-order valence-corrected chi connectivity index (χ2v) is 7.66. The predicted molar refractivity (Wildman–Crippen MR) is 97.7 cm³/mol. The van der Waals surface area contributed by atoms with Gasteiger partial charge < -0.3 is 10.1 Å². The summed E-state index contributed by atoms with van der Waals surface area (Å²) in [6.07, 6.45) is 0. The first kappa shape index (κ1) is 19.2. The number of methoxy groups -OCH3 is 1. The van der Waals surface area contributed by atoms with Crippen LogP contribution in [0.15, 0.2) is 41.3 Å². The van der Waals surface area contributed by atoms with Gasteiger partial charge in [-0.3, -0.25) is 4.79 Å². The molecule has 2 rings (SSSR count). The van der Waals surface area contributed by atoms with E-state index in [9.17, 15) is 13.2 Å². The van der Waals surface area contributed by atoms with Crippen molar-refractivity contribution in [3.63, 3.8) is 0 Å². The second-order valence-electron chi connectivity index (χ2n) is 5.49. The Morgan fingerprint density at radius 2 is 1.88 bits per heavy atom. The lowest BCUT2D eigenvalue weighted by Crippen LogP contribution is -2.33. The highest BCUT2D eigenvalue weighted by Gasteiger charge is 2.21. The van der Waals surface area contributed by atoms with E-state index in [1.54, 1.807) is 6.07 Å². The van der Waals surface area contributed by atoms with Crippen LogP contribution in [0.25, 0.3) is 0 Å². The molecule has 0 saturated heterocycles.